The third kappa shape index (κ3) is 5.45. The summed E-state index contributed by atoms with van der Waals surface area (Å²) in [6, 6.07) is 5.50. The van der Waals surface area contributed by atoms with E-state index in [0.29, 0.717) is 18.8 Å². The molecular formula is C20H23N5O6. The van der Waals surface area contributed by atoms with Gasteiger partial charge in [-0.15, -0.1) is 0 Å². The number of imidazole rings is 1. The SMILES string of the molecule is Cc1cc(C)n2cc(CN3CCN(C(=O)c4ccco4)CC3)nc2n1.O=C(O)C(=O)O. The molecule has 164 valence electrons. The second-order valence-electron chi connectivity index (χ2n) is 7.10. The molecule has 0 radical (unpaired) electrons. The normalized spacial score (nSPS) is 14.2. The van der Waals surface area contributed by atoms with E-state index in [-0.39, 0.29) is 5.91 Å². The minimum absolute atomic E-state index is 0.0346. The maximum absolute atomic E-state index is 12.3. The third-order valence-electron chi connectivity index (χ3n) is 4.77. The van der Waals surface area contributed by atoms with Crippen LogP contribution in [-0.2, 0) is 16.1 Å². The van der Waals surface area contributed by atoms with Gasteiger partial charge in [0, 0.05) is 50.3 Å². The van der Waals surface area contributed by atoms with Crippen LogP contribution in [0.15, 0.2) is 35.1 Å². The predicted molar refractivity (Wildman–Crippen MR) is 108 cm³/mol. The van der Waals surface area contributed by atoms with Crippen LogP contribution in [0.4, 0.5) is 0 Å². The van der Waals surface area contributed by atoms with Gasteiger partial charge in [-0.2, -0.15) is 0 Å². The van der Waals surface area contributed by atoms with Crippen molar-refractivity contribution in [2.24, 2.45) is 0 Å². The number of amides is 1. The van der Waals surface area contributed by atoms with Crippen molar-refractivity contribution in [2.45, 2.75) is 20.4 Å². The molecule has 4 rings (SSSR count). The van der Waals surface area contributed by atoms with E-state index < -0.39 is 11.9 Å². The molecule has 0 unspecified atom stereocenters. The van der Waals surface area contributed by atoms with Gasteiger partial charge < -0.3 is 19.5 Å². The number of carboxylic acid groups (broad SMARTS) is 2. The highest BCUT2D eigenvalue weighted by molar-refractivity contribution is 6.27. The molecule has 3 aromatic rings. The monoisotopic (exact) mass is 429 g/mol. The molecule has 0 aromatic carbocycles. The zero-order valence-corrected chi connectivity index (χ0v) is 17.2. The molecule has 3 aromatic heterocycles. The van der Waals surface area contributed by atoms with Gasteiger partial charge in [0.05, 0.1) is 12.0 Å². The van der Waals surface area contributed by atoms with Crippen molar-refractivity contribution >= 4 is 23.6 Å². The standard InChI is InChI=1S/C18H21N5O2.C2H2O4/c1-13-10-14(2)23-12-15(20-18(23)19-13)11-21-5-7-22(8-6-21)17(24)16-4-3-9-25-16;3-1(4)2(5)6/h3-4,9-10,12H,5-8,11H2,1-2H3;(H,3,4)(H,5,6). The number of piperazine rings is 1. The summed E-state index contributed by atoms with van der Waals surface area (Å²) in [5, 5.41) is 14.8. The first-order chi connectivity index (χ1) is 14.7. The number of nitrogens with zero attached hydrogens (tertiary/aromatic N) is 5. The molecule has 0 atom stereocenters. The van der Waals surface area contributed by atoms with E-state index in [0.717, 1.165) is 42.5 Å². The number of furan rings is 1. The lowest BCUT2D eigenvalue weighted by molar-refractivity contribution is -0.159. The fourth-order valence-corrected chi connectivity index (χ4v) is 3.29. The van der Waals surface area contributed by atoms with Crippen LogP contribution in [0.3, 0.4) is 0 Å². The Labute approximate surface area is 177 Å². The summed E-state index contributed by atoms with van der Waals surface area (Å²) in [6.07, 6.45) is 3.59. The first-order valence-corrected chi connectivity index (χ1v) is 9.58. The van der Waals surface area contributed by atoms with Gasteiger partial charge in [0.25, 0.3) is 5.91 Å². The Morgan fingerprint density at radius 3 is 2.32 bits per heavy atom. The highest BCUT2D eigenvalue weighted by Gasteiger charge is 2.24. The van der Waals surface area contributed by atoms with Crippen molar-refractivity contribution < 1.29 is 29.0 Å². The molecule has 1 aliphatic rings. The van der Waals surface area contributed by atoms with Crippen LogP contribution in [-0.4, -0.2) is 78.4 Å². The van der Waals surface area contributed by atoms with Gasteiger partial charge in [-0.3, -0.25) is 14.1 Å². The van der Waals surface area contributed by atoms with Crippen molar-refractivity contribution in [3.63, 3.8) is 0 Å². The first kappa shape index (κ1) is 22.0. The molecule has 0 spiro atoms. The van der Waals surface area contributed by atoms with Crippen molar-refractivity contribution in [3.05, 3.63) is 53.5 Å². The van der Waals surface area contributed by atoms with Crippen molar-refractivity contribution in [3.8, 4) is 0 Å². The van der Waals surface area contributed by atoms with Gasteiger partial charge >= 0.3 is 11.9 Å². The highest BCUT2D eigenvalue weighted by atomic mass is 16.4. The van der Waals surface area contributed by atoms with Crippen LogP contribution in [0.1, 0.15) is 27.6 Å². The second kappa shape index (κ2) is 9.39. The van der Waals surface area contributed by atoms with Gasteiger partial charge in [-0.25, -0.2) is 19.6 Å². The zero-order chi connectivity index (χ0) is 22.5. The molecule has 4 heterocycles. The van der Waals surface area contributed by atoms with Crippen LogP contribution in [0.2, 0.25) is 0 Å². The smallest absolute Gasteiger partial charge is 0.414 e. The molecule has 1 saturated heterocycles. The Balaban J connectivity index is 0.000000401. The number of aromatic nitrogens is 3. The van der Waals surface area contributed by atoms with Crippen molar-refractivity contribution in [2.75, 3.05) is 26.2 Å². The fraction of sp³-hybridized carbons (Fsp3) is 0.350. The Bertz CT molecular complexity index is 1070. The lowest BCUT2D eigenvalue weighted by Gasteiger charge is -2.33. The number of carbonyl (C=O) groups is 3. The fourth-order valence-electron chi connectivity index (χ4n) is 3.29. The summed E-state index contributed by atoms with van der Waals surface area (Å²) in [7, 11) is 0. The Morgan fingerprint density at radius 1 is 1.06 bits per heavy atom. The number of carboxylic acids is 2. The van der Waals surface area contributed by atoms with Crippen LogP contribution in [0.25, 0.3) is 5.78 Å². The maximum Gasteiger partial charge on any atom is 0.414 e. The van der Waals surface area contributed by atoms with E-state index in [4.69, 9.17) is 24.2 Å². The molecule has 0 saturated carbocycles. The van der Waals surface area contributed by atoms with Crippen LogP contribution >= 0.6 is 0 Å². The molecule has 2 N–H and O–H groups in total. The summed E-state index contributed by atoms with van der Waals surface area (Å²) >= 11 is 0. The van der Waals surface area contributed by atoms with Gasteiger partial charge in [-0.1, -0.05) is 0 Å². The lowest BCUT2D eigenvalue weighted by atomic mass is 10.2. The average molecular weight is 429 g/mol. The van der Waals surface area contributed by atoms with E-state index in [1.54, 1.807) is 12.1 Å². The van der Waals surface area contributed by atoms with E-state index in [9.17, 15) is 4.79 Å². The predicted octanol–water partition coefficient (Wildman–Crippen LogP) is 1.05. The molecule has 11 nitrogen and oxygen atoms in total. The third-order valence-corrected chi connectivity index (χ3v) is 4.77. The summed E-state index contributed by atoms with van der Waals surface area (Å²) in [4.78, 5) is 43.8. The highest BCUT2D eigenvalue weighted by Crippen LogP contribution is 2.13. The van der Waals surface area contributed by atoms with Gasteiger partial charge in [-0.05, 0) is 32.0 Å². The van der Waals surface area contributed by atoms with Gasteiger partial charge in [0.15, 0.2) is 5.76 Å². The molecular weight excluding hydrogens is 406 g/mol. The number of aliphatic carboxylic acids is 2. The second-order valence-corrected chi connectivity index (χ2v) is 7.10. The zero-order valence-electron chi connectivity index (χ0n) is 17.2. The number of fused-ring (bicyclic) bond motifs is 1. The van der Waals surface area contributed by atoms with Crippen molar-refractivity contribution in [1.82, 2.24) is 24.2 Å². The molecule has 0 bridgehead atoms. The Hall–Kier alpha value is -3.73. The molecule has 11 heteroatoms. The summed E-state index contributed by atoms with van der Waals surface area (Å²) in [5.74, 6) is -2.53. The number of carbonyl (C=O) groups excluding carboxylic acids is 1. The van der Waals surface area contributed by atoms with Gasteiger partial charge in [0.1, 0.15) is 0 Å². The van der Waals surface area contributed by atoms with Crippen LogP contribution in [0, 0.1) is 13.8 Å². The van der Waals surface area contributed by atoms with Gasteiger partial charge in [0.2, 0.25) is 5.78 Å². The Kier molecular flexibility index (Phi) is 6.65. The summed E-state index contributed by atoms with van der Waals surface area (Å²) < 4.78 is 7.23. The molecule has 1 fully saturated rings. The average Bonchev–Trinajstić information content (AvgIpc) is 3.38. The van der Waals surface area contributed by atoms with E-state index in [1.807, 2.05) is 16.2 Å². The maximum atomic E-state index is 12.3. The lowest BCUT2D eigenvalue weighted by Crippen LogP contribution is -2.48. The quantitative estimate of drug-likeness (QED) is 0.584. The van der Waals surface area contributed by atoms with Crippen LogP contribution < -0.4 is 0 Å². The number of hydrogen-bond acceptors (Lipinski definition) is 7. The largest absolute Gasteiger partial charge is 0.473 e. The number of aryl methyl sites for hydroxylation is 2. The summed E-state index contributed by atoms with van der Waals surface area (Å²) in [6.45, 7) is 7.86. The Morgan fingerprint density at radius 2 is 1.74 bits per heavy atom. The number of rotatable bonds is 3. The van der Waals surface area contributed by atoms with Crippen molar-refractivity contribution in [1.29, 1.82) is 0 Å². The molecule has 31 heavy (non-hydrogen) atoms. The van der Waals surface area contributed by atoms with E-state index >= 15 is 0 Å². The minimum atomic E-state index is -1.82. The summed E-state index contributed by atoms with van der Waals surface area (Å²) in [5.41, 5.74) is 3.12. The number of hydrogen-bond donors (Lipinski definition) is 2. The molecule has 1 aliphatic heterocycles. The minimum Gasteiger partial charge on any atom is -0.473 e. The molecule has 1 amide bonds. The molecule has 0 aliphatic carbocycles. The first-order valence-electron chi connectivity index (χ1n) is 9.58. The van der Waals surface area contributed by atoms with Crippen LogP contribution in [0.5, 0.6) is 0 Å². The topological polar surface area (TPSA) is 141 Å². The van der Waals surface area contributed by atoms with E-state index in [1.165, 1.54) is 6.26 Å². The van der Waals surface area contributed by atoms with E-state index in [2.05, 4.69) is 34.1 Å².